The second-order valence-electron chi connectivity index (χ2n) is 7.91. The van der Waals surface area contributed by atoms with Crippen LogP contribution in [-0.4, -0.2) is 26.5 Å². The molecule has 0 bridgehead atoms. The summed E-state index contributed by atoms with van der Waals surface area (Å²) in [5.41, 5.74) is 0.965. The smallest absolute Gasteiger partial charge is 0.262 e. The Balaban J connectivity index is 1.98. The highest BCUT2D eigenvalue weighted by Gasteiger charge is 2.21. The number of nitrogens with one attached hydrogen (secondary N) is 2. The summed E-state index contributed by atoms with van der Waals surface area (Å²) in [7, 11) is -3.61. The van der Waals surface area contributed by atoms with Gasteiger partial charge in [0.1, 0.15) is 5.75 Å². The molecule has 2 rings (SSSR count). The van der Waals surface area contributed by atoms with Gasteiger partial charge in [0, 0.05) is 11.2 Å². The van der Waals surface area contributed by atoms with E-state index < -0.39 is 15.6 Å². The molecule has 0 unspecified atom stereocenters. The molecule has 7 heteroatoms. The molecule has 0 fully saturated rings. The lowest BCUT2D eigenvalue weighted by Crippen LogP contribution is -2.40. The lowest BCUT2D eigenvalue weighted by molar-refractivity contribution is -0.118. The highest BCUT2D eigenvalue weighted by atomic mass is 32.2. The molecule has 28 heavy (non-hydrogen) atoms. The van der Waals surface area contributed by atoms with Crippen molar-refractivity contribution in [1.29, 1.82) is 0 Å². The number of para-hydroxylation sites is 1. The van der Waals surface area contributed by atoms with Gasteiger partial charge in [0.25, 0.3) is 5.91 Å². The second-order valence-corrected chi connectivity index (χ2v) is 9.59. The number of anilines is 1. The minimum absolute atomic E-state index is 0.130. The van der Waals surface area contributed by atoms with Gasteiger partial charge in [-0.3, -0.25) is 4.79 Å². The van der Waals surface area contributed by atoms with Gasteiger partial charge in [-0.2, -0.15) is 0 Å². The molecule has 0 aliphatic heterocycles. The Morgan fingerprint density at radius 2 is 1.64 bits per heavy atom. The van der Waals surface area contributed by atoms with Crippen LogP contribution in [0.2, 0.25) is 0 Å². The molecular weight excluding hydrogens is 376 g/mol. The Morgan fingerprint density at radius 3 is 2.21 bits per heavy atom. The Bertz CT molecular complexity index is 914. The van der Waals surface area contributed by atoms with Crippen LogP contribution in [0.3, 0.4) is 0 Å². The van der Waals surface area contributed by atoms with E-state index in [0.717, 1.165) is 5.56 Å². The maximum Gasteiger partial charge on any atom is 0.262 e. The molecule has 0 radical (unpaired) electrons. The van der Waals surface area contributed by atoms with Gasteiger partial charge in [-0.25, -0.2) is 13.1 Å². The van der Waals surface area contributed by atoms with E-state index in [1.807, 2.05) is 24.3 Å². The summed E-state index contributed by atoms with van der Waals surface area (Å²) in [4.78, 5) is 12.3. The van der Waals surface area contributed by atoms with Crippen LogP contribution in [-0.2, 0) is 14.8 Å². The van der Waals surface area contributed by atoms with Crippen LogP contribution in [0.25, 0.3) is 0 Å². The van der Waals surface area contributed by atoms with E-state index in [4.69, 9.17) is 4.74 Å². The number of carbonyl (C=O) groups excluding carboxylic acids is 1. The number of amides is 1. The van der Waals surface area contributed by atoms with Gasteiger partial charge in [-0.1, -0.05) is 32.0 Å². The van der Waals surface area contributed by atoms with E-state index in [-0.39, 0.29) is 23.3 Å². The molecule has 0 atom stereocenters. The molecule has 0 spiro atoms. The summed E-state index contributed by atoms with van der Waals surface area (Å²) >= 11 is 0. The molecule has 6 nitrogen and oxygen atoms in total. The molecule has 2 aromatic rings. The zero-order valence-electron chi connectivity index (χ0n) is 16.9. The first-order valence-corrected chi connectivity index (χ1v) is 10.6. The fourth-order valence-electron chi connectivity index (χ4n) is 2.61. The van der Waals surface area contributed by atoms with Crippen LogP contribution in [0, 0.1) is 0 Å². The molecule has 2 N–H and O–H groups in total. The van der Waals surface area contributed by atoms with Crippen molar-refractivity contribution < 1.29 is 17.9 Å². The molecular formula is C21H28N2O4S. The topological polar surface area (TPSA) is 84.5 Å². The highest BCUT2D eigenvalue weighted by Crippen LogP contribution is 2.25. The number of benzene rings is 2. The van der Waals surface area contributed by atoms with Gasteiger partial charge >= 0.3 is 0 Å². The lowest BCUT2D eigenvalue weighted by atomic mass is 10.0. The molecule has 0 aliphatic carbocycles. The van der Waals surface area contributed by atoms with E-state index in [9.17, 15) is 13.2 Å². The SMILES string of the molecule is CC(C)c1ccccc1OCC(=O)Nc1ccc(S(=O)(=O)NC(C)(C)C)cc1. The van der Waals surface area contributed by atoms with Crippen molar-refractivity contribution in [3.8, 4) is 5.75 Å². The third-order valence-corrected chi connectivity index (χ3v) is 5.56. The standard InChI is InChI=1S/C21H28N2O4S/c1-15(2)18-8-6-7-9-19(18)27-14-20(24)22-16-10-12-17(13-11-16)28(25,26)23-21(3,4)5/h6-13,15,23H,14H2,1-5H3,(H,22,24). The summed E-state index contributed by atoms with van der Waals surface area (Å²) in [6.07, 6.45) is 0. The number of hydrogen-bond acceptors (Lipinski definition) is 4. The molecule has 0 aromatic heterocycles. The van der Waals surface area contributed by atoms with E-state index >= 15 is 0 Å². The predicted molar refractivity (Wildman–Crippen MR) is 111 cm³/mol. The third kappa shape index (κ3) is 6.35. The third-order valence-electron chi connectivity index (χ3n) is 3.79. The molecule has 0 heterocycles. The normalized spacial score (nSPS) is 12.1. The minimum Gasteiger partial charge on any atom is -0.483 e. The van der Waals surface area contributed by atoms with Crippen LogP contribution < -0.4 is 14.8 Å². The van der Waals surface area contributed by atoms with Crippen LogP contribution in [0.4, 0.5) is 5.69 Å². The molecule has 2 aromatic carbocycles. The highest BCUT2D eigenvalue weighted by molar-refractivity contribution is 7.89. The van der Waals surface area contributed by atoms with Crippen LogP contribution in [0.5, 0.6) is 5.75 Å². The first-order chi connectivity index (χ1) is 13.0. The average Bonchev–Trinajstić information content (AvgIpc) is 2.58. The molecule has 152 valence electrons. The van der Waals surface area contributed by atoms with E-state index in [1.165, 1.54) is 12.1 Å². The van der Waals surface area contributed by atoms with Gasteiger partial charge in [0.15, 0.2) is 6.61 Å². The van der Waals surface area contributed by atoms with Crippen molar-refractivity contribution in [3.05, 3.63) is 54.1 Å². The van der Waals surface area contributed by atoms with E-state index in [0.29, 0.717) is 11.4 Å². The van der Waals surface area contributed by atoms with Crippen molar-refractivity contribution in [2.24, 2.45) is 0 Å². The Kier molecular flexibility index (Phi) is 6.85. The Hall–Kier alpha value is -2.38. The zero-order chi connectivity index (χ0) is 20.9. The van der Waals surface area contributed by atoms with Crippen molar-refractivity contribution in [3.63, 3.8) is 0 Å². The van der Waals surface area contributed by atoms with Crippen molar-refractivity contribution >= 4 is 21.6 Å². The zero-order valence-corrected chi connectivity index (χ0v) is 17.8. The summed E-state index contributed by atoms with van der Waals surface area (Å²) in [6.45, 7) is 9.32. The fourth-order valence-corrected chi connectivity index (χ4v) is 4.03. The number of ether oxygens (including phenoxy) is 1. The van der Waals surface area contributed by atoms with Crippen molar-refractivity contribution in [2.75, 3.05) is 11.9 Å². The summed E-state index contributed by atoms with van der Waals surface area (Å²) in [6, 6.07) is 13.6. The first kappa shape index (κ1) is 21.9. The van der Waals surface area contributed by atoms with Crippen LogP contribution in [0.1, 0.15) is 46.1 Å². The molecule has 0 aliphatic rings. The van der Waals surface area contributed by atoms with E-state index in [1.54, 1.807) is 32.9 Å². The second kappa shape index (κ2) is 8.75. The maximum absolute atomic E-state index is 12.3. The van der Waals surface area contributed by atoms with Gasteiger partial charge < -0.3 is 10.1 Å². The van der Waals surface area contributed by atoms with E-state index in [2.05, 4.69) is 23.9 Å². The minimum atomic E-state index is -3.61. The largest absolute Gasteiger partial charge is 0.483 e. The molecule has 0 saturated carbocycles. The maximum atomic E-state index is 12.3. The average molecular weight is 405 g/mol. The summed E-state index contributed by atoms with van der Waals surface area (Å²) in [5, 5.41) is 2.71. The predicted octanol–water partition coefficient (Wildman–Crippen LogP) is 3.90. The van der Waals surface area contributed by atoms with Crippen LogP contribution in [0.15, 0.2) is 53.4 Å². The Morgan fingerprint density at radius 1 is 1.04 bits per heavy atom. The van der Waals surface area contributed by atoms with Crippen LogP contribution >= 0.6 is 0 Å². The molecule has 0 saturated heterocycles. The van der Waals surface area contributed by atoms with Gasteiger partial charge in [0.05, 0.1) is 4.90 Å². The first-order valence-electron chi connectivity index (χ1n) is 9.13. The van der Waals surface area contributed by atoms with Gasteiger partial charge in [-0.05, 0) is 62.6 Å². The van der Waals surface area contributed by atoms with Gasteiger partial charge in [-0.15, -0.1) is 0 Å². The summed E-state index contributed by atoms with van der Waals surface area (Å²) < 4.78 is 32.9. The number of sulfonamides is 1. The number of hydrogen-bond donors (Lipinski definition) is 2. The molecule has 1 amide bonds. The monoisotopic (exact) mass is 404 g/mol. The van der Waals surface area contributed by atoms with Crippen molar-refractivity contribution in [1.82, 2.24) is 4.72 Å². The van der Waals surface area contributed by atoms with Crippen molar-refractivity contribution in [2.45, 2.75) is 51.0 Å². The Labute approximate surface area is 167 Å². The van der Waals surface area contributed by atoms with Gasteiger partial charge in [0.2, 0.25) is 10.0 Å². The fraction of sp³-hybridized carbons (Fsp3) is 0.381. The lowest BCUT2D eigenvalue weighted by Gasteiger charge is -2.20. The number of carbonyl (C=O) groups is 1. The number of rotatable bonds is 7. The summed E-state index contributed by atoms with van der Waals surface area (Å²) in [5.74, 6) is 0.653. The quantitative estimate of drug-likeness (QED) is 0.733.